The van der Waals surface area contributed by atoms with Crippen LogP contribution in [0.4, 0.5) is 11.4 Å². The topological polar surface area (TPSA) is 43.2 Å². The Morgan fingerprint density at radius 2 is 1.00 bits per heavy atom. The Labute approximate surface area is 157 Å². The molecule has 0 saturated heterocycles. The van der Waals surface area contributed by atoms with E-state index in [4.69, 9.17) is 9.47 Å². The molecule has 2 aromatic rings. The molecule has 0 N–H and O–H groups in total. The van der Waals surface area contributed by atoms with Crippen molar-refractivity contribution in [3.8, 4) is 11.5 Å². The number of ether oxygens (including phenoxy) is 2. The predicted molar refractivity (Wildman–Crippen MR) is 107 cm³/mol. The zero-order chi connectivity index (χ0) is 18.8. The summed E-state index contributed by atoms with van der Waals surface area (Å²) in [6.45, 7) is 10.2. The summed E-state index contributed by atoms with van der Waals surface area (Å²) in [5, 5.41) is 8.55. The standard InChI is InChI=1S/C22H30N2O2/c1-5-17(3)15-25-21-11-7-19(8-12-21)23-24-20-9-13-22(14-10-20)26-16-18(4)6-2/h7-14,17-18H,5-6,15-16H2,1-4H3/t17-,18-/m0/s1. The SMILES string of the molecule is CC[C@H](C)COc1ccc(N=Nc2ccc(OC[C@@H](C)CC)cc2)cc1. The van der Waals surface area contributed by atoms with Crippen molar-refractivity contribution in [3.05, 3.63) is 48.5 Å². The van der Waals surface area contributed by atoms with Crippen LogP contribution in [0.25, 0.3) is 0 Å². The molecule has 0 spiro atoms. The lowest BCUT2D eigenvalue weighted by Crippen LogP contribution is -2.06. The Morgan fingerprint density at radius 1 is 0.654 bits per heavy atom. The fourth-order valence-corrected chi connectivity index (χ4v) is 2.05. The molecule has 26 heavy (non-hydrogen) atoms. The van der Waals surface area contributed by atoms with Gasteiger partial charge in [0, 0.05) is 0 Å². The summed E-state index contributed by atoms with van der Waals surface area (Å²) in [5.74, 6) is 2.86. The molecule has 4 heteroatoms. The number of azo groups is 1. The fraction of sp³-hybridized carbons (Fsp3) is 0.455. The van der Waals surface area contributed by atoms with Crippen molar-refractivity contribution < 1.29 is 9.47 Å². The van der Waals surface area contributed by atoms with E-state index >= 15 is 0 Å². The largest absolute Gasteiger partial charge is 0.493 e. The molecule has 0 aliphatic heterocycles. The zero-order valence-corrected chi connectivity index (χ0v) is 16.3. The molecule has 2 rings (SSSR count). The third-order valence-electron chi connectivity index (χ3n) is 4.42. The zero-order valence-electron chi connectivity index (χ0n) is 16.3. The lowest BCUT2D eigenvalue weighted by atomic mass is 10.1. The van der Waals surface area contributed by atoms with Crippen molar-refractivity contribution in [1.82, 2.24) is 0 Å². The maximum atomic E-state index is 5.75. The third-order valence-corrected chi connectivity index (χ3v) is 4.42. The Kier molecular flexibility index (Phi) is 8.13. The number of benzene rings is 2. The highest BCUT2D eigenvalue weighted by atomic mass is 16.5. The molecule has 140 valence electrons. The van der Waals surface area contributed by atoms with E-state index in [1.165, 1.54) is 0 Å². The highest BCUT2D eigenvalue weighted by Gasteiger charge is 2.02. The van der Waals surface area contributed by atoms with E-state index in [9.17, 15) is 0 Å². The quantitative estimate of drug-likeness (QED) is 0.433. The first-order valence-electron chi connectivity index (χ1n) is 9.48. The van der Waals surface area contributed by atoms with Gasteiger partial charge in [-0.1, -0.05) is 40.5 Å². The summed E-state index contributed by atoms with van der Waals surface area (Å²) in [7, 11) is 0. The van der Waals surface area contributed by atoms with Crippen LogP contribution in [0.1, 0.15) is 40.5 Å². The van der Waals surface area contributed by atoms with Gasteiger partial charge in [0.2, 0.25) is 0 Å². The minimum atomic E-state index is 0.562. The van der Waals surface area contributed by atoms with Gasteiger partial charge < -0.3 is 9.47 Å². The van der Waals surface area contributed by atoms with Gasteiger partial charge in [-0.2, -0.15) is 10.2 Å². The van der Waals surface area contributed by atoms with Crippen LogP contribution in [-0.4, -0.2) is 13.2 Å². The van der Waals surface area contributed by atoms with E-state index in [-0.39, 0.29) is 0 Å². The van der Waals surface area contributed by atoms with Crippen LogP contribution in [0.15, 0.2) is 58.8 Å². The van der Waals surface area contributed by atoms with Crippen molar-refractivity contribution in [1.29, 1.82) is 0 Å². The van der Waals surface area contributed by atoms with Gasteiger partial charge in [0.15, 0.2) is 0 Å². The Hall–Kier alpha value is -2.36. The first-order valence-corrected chi connectivity index (χ1v) is 9.48. The normalized spacial score (nSPS) is 13.5. The minimum absolute atomic E-state index is 0.562. The number of rotatable bonds is 10. The Bertz CT molecular complexity index is 606. The molecule has 4 nitrogen and oxygen atoms in total. The van der Waals surface area contributed by atoms with Crippen LogP contribution in [-0.2, 0) is 0 Å². The lowest BCUT2D eigenvalue weighted by molar-refractivity contribution is 0.256. The summed E-state index contributed by atoms with van der Waals surface area (Å²) in [6.07, 6.45) is 2.24. The van der Waals surface area contributed by atoms with Gasteiger partial charge in [-0.25, -0.2) is 0 Å². The summed E-state index contributed by atoms with van der Waals surface area (Å²) in [4.78, 5) is 0. The van der Waals surface area contributed by atoms with E-state index in [0.29, 0.717) is 11.8 Å². The molecule has 0 aromatic heterocycles. The van der Waals surface area contributed by atoms with Crippen LogP contribution in [0, 0.1) is 11.8 Å². The average molecular weight is 354 g/mol. The Morgan fingerprint density at radius 3 is 1.31 bits per heavy atom. The molecule has 0 radical (unpaired) electrons. The second kappa shape index (κ2) is 10.6. The van der Waals surface area contributed by atoms with Gasteiger partial charge in [-0.15, -0.1) is 0 Å². The predicted octanol–water partition coefficient (Wildman–Crippen LogP) is 6.95. The smallest absolute Gasteiger partial charge is 0.119 e. The van der Waals surface area contributed by atoms with E-state index < -0.39 is 0 Å². The average Bonchev–Trinajstić information content (AvgIpc) is 2.70. The summed E-state index contributed by atoms with van der Waals surface area (Å²) in [6, 6.07) is 15.4. The third kappa shape index (κ3) is 6.87. The molecule has 0 fully saturated rings. The molecule has 0 aliphatic rings. The maximum absolute atomic E-state index is 5.75. The molecule has 0 heterocycles. The molecule has 2 atom stereocenters. The highest BCUT2D eigenvalue weighted by Crippen LogP contribution is 2.23. The van der Waals surface area contributed by atoms with Crippen LogP contribution in [0.5, 0.6) is 11.5 Å². The first kappa shape index (κ1) is 20.0. The monoisotopic (exact) mass is 354 g/mol. The fourth-order valence-electron chi connectivity index (χ4n) is 2.05. The summed E-state index contributed by atoms with van der Waals surface area (Å²) < 4.78 is 11.5. The van der Waals surface area contributed by atoms with Crippen LogP contribution in [0.3, 0.4) is 0 Å². The van der Waals surface area contributed by atoms with E-state index in [0.717, 1.165) is 48.9 Å². The van der Waals surface area contributed by atoms with Crippen LogP contribution >= 0.6 is 0 Å². The molecule has 0 bridgehead atoms. The van der Waals surface area contributed by atoms with E-state index in [1.807, 2.05) is 48.5 Å². The molecule has 2 aromatic carbocycles. The lowest BCUT2D eigenvalue weighted by Gasteiger charge is -2.10. The van der Waals surface area contributed by atoms with Gasteiger partial charge in [-0.05, 0) is 60.4 Å². The Balaban J connectivity index is 1.86. The van der Waals surface area contributed by atoms with Gasteiger partial charge in [-0.3, -0.25) is 0 Å². The summed E-state index contributed by atoms with van der Waals surface area (Å²) >= 11 is 0. The van der Waals surface area contributed by atoms with Crippen molar-refractivity contribution in [2.24, 2.45) is 22.1 Å². The molecule has 0 amide bonds. The molecule has 0 unspecified atom stereocenters. The second-order valence-corrected chi connectivity index (χ2v) is 6.84. The van der Waals surface area contributed by atoms with Gasteiger partial charge >= 0.3 is 0 Å². The van der Waals surface area contributed by atoms with Gasteiger partial charge in [0.25, 0.3) is 0 Å². The van der Waals surface area contributed by atoms with Gasteiger partial charge in [0.1, 0.15) is 11.5 Å². The van der Waals surface area contributed by atoms with Gasteiger partial charge in [0.05, 0.1) is 24.6 Å². The number of nitrogens with zero attached hydrogens (tertiary/aromatic N) is 2. The van der Waals surface area contributed by atoms with Crippen LogP contribution < -0.4 is 9.47 Å². The molecule has 0 aliphatic carbocycles. The summed E-state index contributed by atoms with van der Waals surface area (Å²) in [5.41, 5.74) is 1.61. The first-order chi connectivity index (χ1) is 12.6. The van der Waals surface area contributed by atoms with Crippen LogP contribution in [0.2, 0.25) is 0 Å². The second-order valence-electron chi connectivity index (χ2n) is 6.84. The van der Waals surface area contributed by atoms with Crippen molar-refractivity contribution >= 4 is 11.4 Å². The highest BCUT2D eigenvalue weighted by molar-refractivity contribution is 5.44. The van der Waals surface area contributed by atoms with E-state index in [1.54, 1.807) is 0 Å². The molecular weight excluding hydrogens is 324 g/mol. The minimum Gasteiger partial charge on any atom is -0.493 e. The molecule has 0 saturated carbocycles. The number of hydrogen-bond donors (Lipinski definition) is 0. The number of hydrogen-bond acceptors (Lipinski definition) is 4. The van der Waals surface area contributed by atoms with Crippen molar-refractivity contribution in [2.75, 3.05) is 13.2 Å². The maximum Gasteiger partial charge on any atom is 0.119 e. The van der Waals surface area contributed by atoms with Crippen molar-refractivity contribution in [2.45, 2.75) is 40.5 Å². The van der Waals surface area contributed by atoms with E-state index in [2.05, 4.69) is 37.9 Å². The van der Waals surface area contributed by atoms with Crippen molar-refractivity contribution in [3.63, 3.8) is 0 Å². The molecular formula is C22H30N2O2.